The Morgan fingerprint density at radius 1 is 1.07 bits per heavy atom. The average Bonchev–Trinajstić information content (AvgIpc) is 1.98. The van der Waals surface area contributed by atoms with Crippen molar-refractivity contribution in [1.29, 1.82) is 0 Å². The van der Waals surface area contributed by atoms with Gasteiger partial charge in [-0.05, 0) is 13.8 Å². The molecule has 0 aliphatic carbocycles. The quantitative estimate of drug-likeness (QED) is 0.513. The van der Waals surface area contributed by atoms with Crippen LogP contribution in [0.3, 0.4) is 0 Å². The Morgan fingerprint density at radius 3 is 1.64 bits per heavy atom. The summed E-state index contributed by atoms with van der Waals surface area (Å²) in [6, 6.07) is 0. The lowest BCUT2D eigenvalue weighted by atomic mass is 10.1. The van der Waals surface area contributed by atoms with Crippen LogP contribution in [-0.4, -0.2) is 44.9 Å². The lowest BCUT2D eigenvalue weighted by Gasteiger charge is -2.22. The molecule has 0 heterocycles. The van der Waals surface area contributed by atoms with Crippen LogP contribution in [-0.2, 0) is 19.1 Å². The molecule has 0 aromatic heterocycles. The number of carbonyl (C=O) groups is 3. The molecular formula is C7H10O7. The summed E-state index contributed by atoms with van der Waals surface area (Å²) in [5.74, 6) is -4.93. The minimum atomic E-state index is -2.18. The number of carboxylic acid groups (broad SMARTS) is 3. The van der Waals surface area contributed by atoms with Crippen LogP contribution in [0.1, 0.15) is 13.8 Å². The summed E-state index contributed by atoms with van der Waals surface area (Å²) < 4.78 is 4.42. The number of hydrogen-bond donors (Lipinski definition) is 3. The number of ether oxygens (including phenoxy) is 1. The van der Waals surface area contributed by atoms with E-state index in [4.69, 9.17) is 15.3 Å². The molecule has 0 amide bonds. The second-order valence-corrected chi connectivity index (χ2v) is 2.99. The lowest BCUT2D eigenvalue weighted by molar-refractivity contribution is -0.186. The van der Waals surface area contributed by atoms with Crippen LogP contribution in [0.25, 0.3) is 0 Å². The van der Waals surface area contributed by atoms with Gasteiger partial charge in [0.15, 0.2) is 5.60 Å². The third-order valence-electron chi connectivity index (χ3n) is 1.38. The maximum absolute atomic E-state index is 10.5. The molecule has 0 aliphatic rings. The van der Waals surface area contributed by atoms with E-state index in [9.17, 15) is 14.4 Å². The second kappa shape index (κ2) is 4.05. The van der Waals surface area contributed by atoms with Crippen molar-refractivity contribution < 1.29 is 34.4 Å². The first-order valence-electron chi connectivity index (χ1n) is 3.55. The standard InChI is InChI=1S/C7H10O7/c1-7(2,6(12)13)14-3(4(8)9)5(10)11/h3H,1-2H3,(H,8,9)(H,10,11)(H,12,13). The van der Waals surface area contributed by atoms with Gasteiger partial charge in [-0.1, -0.05) is 0 Å². The van der Waals surface area contributed by atoms with Gasteiger partial charge in [0.2, 0.25) is 0 Å². The fourth-order valence-corrected chi connectivity index (χ4v) is 0.551. The maximum atomic E-state index is 10.5. The highest BCUT2D eigenvalue weighted by Gasteiger charge is 2.38. The Balaban J connectivity index is 4.69. The smallest absolute Gasteiger partial charge is 0.344 e. The summed E-state index contributed by atoms with van der Waals surface area (Å²) >= 11 is 0. The summed E-state index contributed by atoms with van der Waals surface area (Å²) in [5, 5.41) is 25.3. The molecule has 7 nitrogen and oxygen atoms in total. The van der Waals surface area contributed by atoms with Crippen molar-refractivity contribution in [3.05, 3.63) is 0 Å². The molecule has 0 spiro atoms. The summed E-state index contributed by atoms with van der Waals surface area (Å²) in [4.78, 5) is 31.2. The molecule has 0 saturated heterocycles. The highest BCUT2D eigenvalue weighted by Crippen LogP contribution is 2.13. The first kappa shape index (κ1) is 12.4. The van der Waals surface area contributed by atoms with Crippen LogP contribution in [0.5, 0.6) is 0 Å². The van der Waals surface area contributed by atoms with E-state index in [0.29, 0.717) is 0 Å². The molecule has 0 fully saturated rings. The largest absolute Gasteiger partial charge is 0.479 e. The maximum Gasteiger partial charge on any atom is 0.344 e. The summed E-state index contributed by atoms with van der Waals surface area (Å²) in [7, 11) is 0. The van der Waals surface area contributed by atoms with Crippen molar-refractivity contribution in [3.63, 3.8) is 0 Å². The van der Waals surface area contributed by atoms with Crippen LogP contribution < -0.4 is 0 Å². The van der Waals surface area contributed by atoms with Gasteiger partial charge >= 0.3 is 17.9 Å². The predicted octanol–water partition coefficient (Wildman–Crippen LogP) is -0.596. The third kappa shape index (κ3) is 3.02. The van der Waals surface area contributed by atoms with Gasteiger partial charge in [0.05, 0.1) is 0 Å². The van der Waals surface area contributed by atoms with Crippen molar-refractivity contribution in [3.8, 4) is 0 Å². The second-order valence-electron chi connectivity index (χ2n) is 2.99. The minimum absolute atomic E-state index is 1.06. The van der Waals surface area contributed by atoms with Gasteiger partial charge in [-0.3, -0.25) is 0 Å². The van der Waals surface area contributed by atoms with Gasteiger partial charge in [-0.2, -0.15) is 0 Å². The van der Waals surface area contributed by atoms with Crippen molar-refractivity contribution in [2.75, 3.05) is 0 Å². The Hall–Kier alpha value is -1.63. The van der Waals surface area contributed by atoms with Crippen LogP contribution in [0.2, 0.25) is 0 Å². The fraction of sp³-hybridized carbons (Fsp3) is 0.571. The summed E-state index contributed by atoms with van der Waals surface area (Å²) in [6.07, 6.45) is -2.18. The van der Waals surface area contributed by atoms with Gasteiger partial charge in [0.1, 0.15) is 0 Å². The van der Waals surface area contributed by atoms with E-state index in [2.05, 4.69) is 4.74 Å². The zero-order chi connectivity index (χ0) is 11.5. The molecule has 0 bridgehead atoms. The number of carboxylic acids is 3. The molecular weight excluding hydrogens is 196 g/mol. The van der Waals surface area contributed by atoms with Crippen molar-refractivity contribution >= 4 is 17.9 Å². The Labute approximate surface area is 78.9 Å². The Bertz CT molecular complexity index is 253. The van der Waals surface area contributed by atoms with Crippen LogP contribution in [0, 0.1) is 0 Å². The highest BCUT2D eigenvalue weighted by molar-refractivity contribution is 5.96. The minimum Gasteiger partial charge on any atom is -0.479 e. The molecule has 0 unspecified atom stereocenters. The van der Waals surface area contributed by atoms with Crippen LogP contribution in [0.15, 0.2) is 0 Å². The molecule has 0 atom stereocenters. The van der Waals surface area contributed by atoms with E-state index in [1.807, 2.05) is 0 Å². The fourth-order valence-electron chi connectivity index (χ4n) is 0.551. The Morgan fingerprint density at radius 2 is 1.43 bits per heavy atom. The van der Waals surface area contributed by atoms with Crippen molar-refractivity contribution in [2.45, 2.75) is 25.6 Å². The van der Waals surface area contributed by atoms with E-state index >= 15 is 0 Å². The highest BCUT2D eigenvalue weighted by atomic mass is 16.6. The topological polar surface area (TPSA) is 121 Å². The SMILES string of the molecule is CC(C)(OC(C(=O)O)C(=O)O)C(=O)O. The van der Waals surface area contributed by atoms with Crippen LogP contribution >= 0.6 is 0 Å². The van der Waals surface area contributed by atoms with E-state index in [1.165, 1.54) is 0 Å². The summed E-state index contributed by atoms with van der Waals surface area (Å²) in [6.45, 7) is 2.13. The molecule has 0 saturated carbocycles. The number of hydrogen-bond acceptors (Lipinski definition) is 4. The predicted molar refractivity (Wildman–Crippen MR) is 41.9 cm³/mol. The molecule has 3 N–H and O–H groups in total. The van der Waals surface area contributed by atoms with Gasteiger partial charge in [0, 0.05) is 0 Å². The van der Waals surface area contributed by atoms with Gasteiger partial charge in [0.25, 0.3) is 6.10 Å². The molecule has 0 aromatic rings. The van der Waals surface area contributed by atoms with E-state index in [-0.39, 0.29) is 0 Å². The zero-order valence-electron chi connectivity index (χ0n) is 7.55. The first-order valence-corrected chi connectivity index (χ1v) is 3.55. The van der Waals surface area contributed by atoms with E-state index < -0.39 is 29.6 Å². The van der Waals surface area contributed by atoms with Crippen LogP contribution in [0.4, 0.5) is 0 Å². The lowest BCUT2D eigenvalue weighted by Crippen LogP contribution is -2.44. The molecule has 0 aliphatic heterocycles. The summed E-state index contributed by atoms with van der Waals surface area (Å²) in [5.41, 5.74) is -1.86. The molecule has 0 rings (SSSR count). The normalized spacial score (nSPS) is 11.4. The molecule has 14 heavy (non-hydrogen) atoms. The van der Waals surface area contributed by atoms with Gasteiger partial charge < -0.3 is 20.1 Å². The van der Waals surface area contributed by atoms with Gasteiger partial charge in [-0.15, -0.1) is 0 Å². The number of aliphatic carboxylic acids is 3. The first-order chi connectivity index (χ1) is 6.18. The molecule has 7 heteroatoms. The van der Waals surface area contributed by atoms with Crippen molar-refractivity contribution in [1.82, 2.24) is 0 Å². The zero-order valence-corrected chi connectivity index (χ0v) is 7.55. The third-order valence-corrected chi connectivity index (χ3v) is 1.38. The molecule has 0 aromatic carbocycles. The van der Waals surface area contributed by atoms with E-state index in [1.54, 1.807) is 0 Å². The van der Waals surface area contributed by atoms with Crippen molar-refractivity contribution in [2.24, 2.45) is 0 Å². The molecule has 0 radical (unpaired) electrons. The molecule has 80 valence electrons. The van der Waals surface area contributed by atoms with Gasteiger partial charge in [-0.25, -0.2) is 14.4 Å². The van der Waals surface area contributed by atoms with E-state index in [0.717, 1.165) is 13.8 Å². The Kier molecular flexibility index (Phi) is 3.58. The number of rotatable bonds is 5. The average molecular weight is 206 g/mol. The monoisotopic (exact) mass is 206 g/mol.